The van der Waals surface area contributed by atoms with Gasteiger partial charge in [-0.25, -0.2) is 0 Å². The van der Waals surface area contributed by atoms with E-state index in [1.165, 1.54) is 100 Å². The first-order valence-corrected chi connectivity index (χ1v) is 14.4. The third-order valence-electron chi connectivity index (χ3n) is 5.44. The van der Waals surface area contributed by atoms with Gasteiger partial charge in [0.15, 0.2) is 0 Å². The van der Waals surface area contributed by atoms with Gasteiger partial charge in [-0.2, -0.15) is 0 Å². The Morgan fingerprint density at radius 3 is 0.611 bits per heavy atom. The van der Waals surface area contributed by atoms with Crippen molar-refractivity contribution in [2.75, 3.05) is 0 Å². The zero-order valence-electron chi connectivity index (χ0n) is 28.4. The van der Waals surface area contributed by atoms with E-state index in [1.807, 2.05) is 0 Å². The summed E-state index contributed by atoms with van der Waals surface area (Å²) in [6.45, 7) is 4.80. The fourth-order valence-corrected chi connectivity index (χ4v) is 3.52. The second-order valence-electron chi connectivity index (χ2n) is 9.51. The van der Waals surface area contributed by atoms with Gasteiger partial charge in [0, 0.05) is 49.9 Å². The Balaban J connectivity index is 0. The minimum atomic E-state index is -1.36. The first-order chi connectivity index (χ1) is 24.4. The zero-order valence-corrected chi connectivity index (χ0v) is 30.3. The number of carbonyl (C=O) groups is 8. The molecule has 4 aromatic rings. The molecule has 4 aromatic carbocycles. The zero-order chi connectivity index (χ0) is 39.4. The average molecular weight is 844 g/mol. The van der Waals surface area contributed by atoms with Crippen LogP contribution in [0.4, 0.5) is 0 Å². The molecule has 0 aliphatic carbocycles. The minimum absolute atomic E-state index is 0. The van der Waals surface area contributed by atoms with E-state index in [1.54, 1.807) is 24.3 Å². The van der Waals surface area contributed by atoms with Crippen molar-refractivity contribution in [3.8, 4) is 23.0 Å². The van der Waals surface area contributed by atoms with E-state index in [4.69, 9.17) is 0 Å². The van der Waals surface area contributed by atoms with E-state index in [9.17, 15) is 58.8 Å². The molecular formula is C36H28Cu2O16. The van der Waals surface area contributed by atoms with Crippen LogP contribution in [0.15, 0.2) is 97.1 Å². The van der Waals surface area contributed by atoms with Gasteiger partial charge in [0.25, 0.3) is 0 Å². The van der Waals surface area contributed by atoms with Crippen LogP contribution in [0.3, 0.4) is 0 Å². The molecule has 0 aromatic heterocycles. The van der Waals surface area contributed by atoms with Gasteiger partial charge in [-0.15, -0.1) is 0 Å². The molecule has 54 heavy (non-hydrogen) atoms. The number of hydrogen-bond donors (Lipinski definition) is 0. The Labute approximate surface area is 328 Å². The third kappa shape index (κ3) is 18.8. The summed E-state index contributed by atoms with van der Waals surface area (Å²) in [5, 5.41) is 42.0. The van der Waals surface area contributed by atoms with E-state index in [2.05, 4.69) is 18.9 Å². The third-order valence-corrected chi connectivity index (χ3v) is 5.44. The largest absolute Gasteiger partial charge is 2.00 e. The van der Waals surface area contributed by atoms with Gasteiger partial charge in [0.1, 0.15) is 23.0 Å². The Kier molecular flexibility index (Phi) is 23.6. The number of hydrogen-bond acceptors (Lipinski definition) is 16. The van der Waals surface area contributed by atoms with Crippen LogP contribution in [0.2, 0.25) is 0 Å². The number of carboxylic acids is 4. The number of rotatable bonds is 8. The van der Waals surface area contributed by atoms with Crippen molar-refractivity contribution >= 4 is 47.8 Å². The van der Waals surface area contributed by atoms with Crippen molar-refractivity contribution in [3.05, 3.63) is 119 Å². The molecule has 2 radical (unpaired) electrons. The fourth-order valence-electron chi connectivity index (χ4n) is 3.52. The number of ether oxygens (including phenoxy) is 4. The summed E-state index contributed by atoms with van der Waals surface area (Å²) < 4.78 is 18.6. The van der Waals surface area contributed by atoms with Crippen LogP contribution >= 0.6 is 0 Å². The van der Waals surface area contributed by atoms with E-state index in [0.717, 1.165) is 0 Å². The maximum Gasteiger partial charge on any atom is 2.00 e. The topological polar surface area (TPSA) is 266 Å². The summed E-state index contributed by atoms with van der Waals surface area (Å²) in [6, 6.07) is 23.2. The maximum absolute atomic E-state index is 10.6. The van der Waals surface area contributed by atoms with Gasteiger partial charge in [-0.3, -0.25) is 19.2 Å². The van der Waals surface area contributed by atoms with Gasteiger partial charge in [0.05, 0.1) is 23.9 Å². The Bertz CT molecular complexity index is 1660. The molecule has 0 saturated carbocycles. The number of carboxylic acid groups (broad SMARTS) is 4. The van der Waals surface area contributed by atoms with Gasteiger partial charge in [0.2, 0.25) is 0 Å². The van der Waals surface area contributed by atoms with Crippen molar-refractivity contribution in [2.45, 2.75) is 27.7 Å². The maximum atomic E-state index is 10.6. The summed E-state index contributed by atoms with van der Waals surface area (Å²) in [6.07, 6.45) is 0. The van der Waals surface area contributed by atoms with Crippen molar-refractivity contribution in [3.63, 3.8) is 0 Å². The Morgan fingerprint density at radius 1 is 0.333 bits per heavy atom. The van der Waals surface area contributed by atoms with Gasteiger partial charge < -0.3 is 58.6 Å². The van der Waals surface area contributed by atoms with Crippen LogP contribution in [0.1, 0.15) is 69.1 Å². The SMILES string of the molecule is CC(=O)Oc1ccccc1C(=O)[O-].CC(=O)Oc1ccccc1C(=O)[O-].CC(=O)Oc1ccccc1C(=O)[O-].CC(=O)Oc1ccccc1C(=O)[O-].[Cu+2].[Cu+2]. The van der Waals surface area contributed by atoms with Crippen LogP contribution < -0.4 is 39.4 Å². The number of carbonyl (C=O) groups excluding carboxylic acids is 8. The van der Waals surface area contributed by atoms with Crippen LogP contribution in [0.5, 0.6) is 23.0 Å². The summed E-state index contributed by atoms with van der Waals surface area (Å²) in [5.74, 6) is -7.66. The Morgan fingerprint density at radius 2 is 0.481 bits per heavy atom. The number of esters is 4. The molecule has 16 nitrogen and oxygen atoms in total. The van der Waals surface area contributed by atoms with Gasteiger partial charge in [-0.1, -0.05) is 48.5 Å². The molecule has 0 saturated heterocycles. The normalized spacial score (nSPS) is 8.96. The quantitative estimate of drug-likeness (QED) is 0.127. The van der Waals surface area contributed by atoms with Crippen LogP contribution in [-0.2, 0) is 53.3 Å². The Hall–Kier alpha value is -6.32. The second-order valence-corrected chi connectivity index (χ2v) is 9.51. The van der Waals surface area contributed by atoms with E-state index in [0.29, 0.717) is 0 Å². The molecule has 0 unspecified atom stereocenters. The van der Waals surface area contributed by atoms with Crippen LogP contribution in [0.25, 0.3) is 0 Å². The molecule has 0 aliphatic heterocycles. The van der Waals surface area contributed by atoms with Crippen molar-refractivity contribution < 1.29 is 112 Å². The van der Waals surface area contributed by atoms with Gasteiger partial charge in [-0.05, 0) is 48.5 Å². The molecule has 0 spiro atoms. The number of benzene rings is 4. The molecular weight excluding hydrogens is 815 g/mol. The molecule has 4 rings (SSSR count). The first-order valence-electron chi connectivity index (χ1n) is 14.4. The first kappa shape index (κ1) is 49.8. The molecule has 0 amide bonds. The van der Waals surface area contributed by atoms with Crippen molar-refractivity contribution in [2.24, 2.45) is 0 Å². The van der Waals surface area contributed by atoms with Crippen LogP contribution in [0, 0.1) is 0 Å². The molecule has 0 bridgehead atoms. The molecule has 0 heterocycles. The summed E-state index contributed by atoms with van der Waals surface area (Å²) in [7, 11) is 0. The predicted octanol–water partition coefficient (Wildman–Crippen LogP) is -0.103. The average Bonchev–Trinajstić information content (AvgIpc) is 3.05. The fraction of sp³-hybridized carbons (Fsp3) is 0.111. The molecule has 0 atom stereocenters. The second kappa shape index (κ2) is 25.6. The smallest absolute Gasteiger partial charge is 0.545 e. The molecule has 290 valence electrons. The minimum Gasteiger partial charge on any atom is -0.545 e. The monoisotopic (exact) mass is 842 g/mol. The summed E-state index contributed by atoms with van der Waals surface area (Å²) in [4.78, 5) is 84.2. The van der Waals surface area contributed by atoms with E-state index >= 15 is 0 Å². The van der Waals surface area contributed by atoms with Gasteiger partial charge >= 0.3 is 58.0 Å². The molecule has 0 aliphatic rings. The molecule has 0 fully saturated rings. The summed E-state index contributed by atoms with van der Waals surface area (Å²) >= 11 is 0. The molecule has 0 N–H and O–H groups in total. The summed E-state index contributed by atoms with van der Waals surface area (Å²) in [5.41, 5.74) is -0.509. The van der Waals surface area contributed by atoms with Crippen LogP contribution in [-0.4, -0.2) is 47.8 Å². The molecule has 18 heteroatoms. The number of para-hydroxylation sites is 4. The van der Waals surface area contributed by atoms with Crippen molar-refractivity contribution in [1.29, 1.82) is 0 Å². The van der Waals surface area contributed by atoms with E-state index < -0.39 is 47.8 Å². The number of aromatic carboxylic acids is 4. The van der Waals surface area contributed by atoms with E-state index in [-0.39, 0.29) is 79.4 Å². The predicted molar refractivity (Wildman–Crippen MR) is 168 cm³/mol. The standard InChI is InChI=1S/4C9H8O4.2Cu/c4*1-6(10)13-8-5-3-2-4-7(8)9(11)12;;/h4*2-5H,1H3,(H,11,12);;/q;;;;2*+2/p-4. The van der Waals surface area contributed by atoms with Crippen molar-refractivity contribution in [1.82, 2.24) is 0 Å².